The molecule has 0 spiro atoms. The minimum Gasteiger partial charge on any atom is -0.275 e. The first-order chi connectivity index (χ1) is 9.24. The second kappa shape index (κ2) is 4.84. The van der Waals surface area contributed by atoms with Crippen LogP contribution in [0.2, 0.25) is 0 Å². The lowest BCUT2D eigenvalue weighted by atomic mass is 10.2. The molecule has 0 bridgehead atoms. The number of hydrogen-bond acceptors (Lipinski definition) is 3. The van der Waals surface area contributed by atoms with Gasteiger partial charge in [0.1, 0.15) is 0 Å². The van der Waals surface area contributed by atoms with E-state index >= 15 is 0 Å². The first-order valence-electron chi connectivity index (χ1n) is 6.48. The van der Waals surface area contributed by atoms with Gasteiger partial charge in [-0.15, -0.1) is 0 Å². The van der Waals surface area contributed by atoms with Crippen molar-refractivity contribution in [1.29, 1.82) is 0 Å². The summed E-state index contributed by atoms with van der Waals surface area (Å²) < 4.78 is 1.93. The smallest absolute Gasteiger partial charge is 0.253 e. The highest BCUT2D eigenvalue weighted by molar-refractivity contribution is 6.06. The molecule has 0 saturated heterocycles. The van der Waals surface area contributed by atoms with Crippen LogP contribution in [-0.2, 0) is 9.59 Å². The third-order valence-electron chi connectivity index (χ3n) is 3.27. The van der Waals surface area contributed by atoms with E-state index < -0.39 is 0 Å². The minimum atomic E-state index is -0.270. The summed E-state index contributed by atoms with van der Waals surface area (Å²) in [5.74, 6) is -0.511. The van der Waals surface area contributed by atoms with Crippen LogP contribution in [0.5, 0.6) is 0 Å². The largest absolute Gasteiger partial charge is 0.275 e. The second-order valence-corrected chi connectivity index (χ2v) is 4.84. The normalized spacial score (nSPS) is 19.4. The first-order valence-corrected chi connectivity index (χ1v) is 6.48. The van der Waals surface area contributed by atoms with Crippen LogP contribution in [0.3, 0.4) is 0 Å². The molecule has 1 aromatic rings. The second-order valence-electron chi connectivity index (χ2n) is 4.84. The van der Waals surface area contributed by atoms with E-state index in [1.807, 2.05) is 10.9 Å². The number of carbonyl (C=O) groups excluding carboxylic acids is 2. The Balaban J connectivity index is 1.65. The number of nitrogens with zero attached hydrogens (tertiary/aromatic N) is 3. The summed E-state index contributed by atoms with van der Waals surface area (Å²) in [4.78, 5) is 24.7. The molecule has 2 aliphatic rings. The van der Waals surface area contributed by atoms with E-state index in [9.17, 15) is 9.59 Å². The Labute approximate surface area is 111 Å². The number of carbonyl (C=O) groups is 2. The maximum atomic E-state index is 11.9. The van der Waals surface area contributed by atoms with Gasteiger partial charge in [0, 0.05) is 24.4 Å². The fraction of sp³-hybridized carbons (Fsp3) is 0.357. The molecule has 5 heteroatoms. The van der Waals surface area contributed by atoms with Crippen LogP contribution in [0.1, 0.15) is 30.9 Å². The monoisotopic (exact) mass is 257 g/mol. The summed E-state index contributed by atoms with van der Waals surface area (Å²) in [5, 5.41) is 4.25. The molecule has 0 unspecified atom stereocenters. The SMILES string of the molecule is O=C1C=CCCN1C(=O)/C=C/c1cnn(C2CC2)c1. The Kier molecular flexibility index (Phi) is 3.03. The van der Waals surface area contributed by atoms with Gasteiger partial charge in [-0.3, -0.25) is 19.2 Å². The molecule has 98 valence electrons. The van der Waals surface area contributed by atoms with Gasteiger partial charge in [-0.05, 0) is 31.4 Å². The van der Waals surface area contributed by atoms with Crippen LogP contribution in [0, 0.1) is 0 Å². The lowest BCUT2D eigenvalue weighted by molar-refractivity contribution is -0.139. The zero-order chi connectivity index (χ0) is 13.2. The van der Waals surface area contributed by atoms with E-state index in [0.717, 1.165) is 12.0 Å². The Morgan fingerprint density at radius 2 is 2.26 bits per heavy atom. The van der Waals surface area contributed by atoms with Crippen LogP contribution in [0.4, 0.5) is 0 Å². The Hall–Kier alpha value is -2.17. The molecule has 0 radical (unpaired) electrons. The van der Waals surface area contributed by atoms with Crippen molar-refractivity contribution >= 4 is 17.9 Å². The molecule has 5 nitrogen and oxygen atoms in total. The van der Waals surface area contributed by atoms with E-state index in [2.05, 4.69) is 5.10 Å². The number of hydrogen-bond donors (Lipinski definition) is 0. The molecule has 1 aliphatic carbocycles. The topological polar surface area (TPSA) is 55.2 Å². The van der Waals surface area contributed by atoms with Crippen molar-refractivity contribution in [2.24, 2.45) is 0 Å². The van der Waals surface area contributed by atoms with Gasteiger partial charge in [0.25, 0.3) is 11.8 Å². The number of imide groups is 1. The number of rotatable bonds is 3. The van der Waals surface area contributed by atoms with Crippen molar-refractivity contribution in [3.05, 3.63) is 36.2 Å². The van der Waals surface area contributed by atoms with Gasteiger partial charge in [-0.2, -0.15) is 5.10 Å². The van der Waals surface area contributed by atoms with Crippen LogP contribution < -0.4 is 0 Å². The maximum absolute atomic E-state index is 11.9. The quantitative estimate of drug-likeness (QED) is 0.772. The van der Waals surface area contributed by atoms with Crippen molar-refractivity contribution in [2.45, 2.75) is 25.3 Å². The Bertz CT molecular complexity index is 567. The summed E-state index contributed by atoms with van der Waals surface area (Å²) in [6.45, 7) is 0.458. The molecule has 2 amide bonds. The zero-order valence-corrected chi connectivity index (χ0v) is 10.5. The summed E-state index contributed by atoms with van der Waals surface area (Å²) in [6, 6.07) is 0.534. The molecule has 1 saturated carbocycles. The van der Waals surface area contributed by atoms with E-state index in [-0.39, 0.29) is 11.8 Å². The lowest BCUT2D eigenvalue weighted by Gasteiger charge is -2.19. The van der Waals surface area contributed by atoms with E-state index in [1.165, 1.54) is 29.9 Å². The van der Waals surface area contributed by atoms with Crippen molar-refractivity contribution in [3.8, 4) is 0 Å². The van der Waals surface area contributed by atoms with Crippen LogP contribution in [0.15, 0.2) is 30.6 Å². The summed E-state index contributed by atoms with van der Waals surface area (Å²) in [6.07, 6.45) is 13.1. The molecule has 1 aliphatic heterocycles. The lowest BCUT2D eigenvalue weighted by Crippen LogP contribution is -2.37. The molecule has 2 heterocycles. The van der Waals surface area contributed by atoms with Crippen molar-refractivity contribution in [1.82, 2.24) is 14.7 Å². The average molecular weight is 257 g/mol. The van der Waals surface area contributed by atoms with Gasteiger partial charge in [-0.1, -0.05) is 6.08 Å². The zero-order valence-electron chi connectivity index (χ0n) is 10.5. The fourth-order valence-electron chi connectivity index (χ4n) is 2.04. The number of amides is 2. The maximum Gasteiger partial charge on any atom is 0.253 e. The molecule has 3 rings (SSSR count). The van der Waals surface area contributed by atoms with E-state index in [0.29, 0.717) is 12.6 Å². The van der Waals surface area contributed by atoms with Crippen molar-refractivity contribution in [2.75, 3.05) is 6.54 Å². The standard InChI is InChI=1S/C14H15N3O2/c18-13-3-1-2-8-16(13)14(19)7-4-11-9-15-17(10-11)12-5-6-12/h1,3-4,7,9-10,12H,2,5-6,8H2/b7-4+. The highest BCUT2D eigenvalue weighted by Crippen LogP contribution is 2.34. The van der Waals surface area contributed by atoms with Crippen LogP contribution in [0.25, 0.3) is 6.08 Å². The van der Waals surface area contributed by atoms with Crippen LogP contribution >= 0.6 is 0 Å². The molecule has 0 aromatic carbocycles. The molecule has 1 fully saturated rings. The molecular weight excluding hydrogens is 242 g/mol. The van der Waals surface area contributed by atoms with Crippen molar-refractivity contribution in [3.63, 3.8) is 0 Å². The molecule has 1 aromatic heterocycles. The highest BCUT2D eigenvalue weighted by Gasteiger charge is 2.24. The Morgan fingerprint density at radius 3 is 3.00 bits per heavy atom. The molecule has 0 atom stereocenters. The average Bonchev–Trinajstić information content (AvgIpc) is 3.16. The van der Waals surface area contributed by atoms with Gasteiger partial charge in [0.15, 0.2) is 0 Å². The number of aromatic nitrogens is 2. The van der Waals surface area contributed by atoms with E-state index in [4.69, 9.17) is 0 Å². The third-order valence-corrected chi connectivity index (χ3v) is 3.27. The fourth-order valence-corrected chi connectivity index (χ4v) is 2.04. The van der Waals surface area contributed by atoms with Gasteiger partial charge in [-0.25, -0.2) is 0 Å². The first kappa shape index (κ1) is 11.9. The summed E-state index contributed by atoms with van der Waals surface area (Å²) in [5.41, 5.74) is 0.889. The minimum absolute atomic E-state index is 0.241. The van der Waals surface area contributed by atoms with Gasteiger partial charge >= 0.3 is 0 Å². The predicted octanol–water partition coefficient (Wildman–Crippen LogP) is 1.55. The Morgan fingerprint density at radius 1 is 1.42 bits per heavy atom. The third kappa shape index (κ3) is 2.65. The van der Waals surface area contributed by atoms with Gasteiger partial charge in [0.05, 0.1) is 12.2 Å². The summed E-state index contributed by atoms with van der Waals surface area (Å²) in [7, 11) is 0. The molecular formula is C14H15N3O2. The highest BCUT2D eigenvalue weighted by atomic mass is 16.2. The summed E-state index contributed by atoms with van der Waals surface area (Å²) >= 11 is 0. The predicted molar refractivity (Wildman–Crippen MR) is 70.0 cm³/mol. The van der Waals surface area contributed by atoms with Gasteiger partial charge < -0.3 is 0 Å². The van der Waals surface area contributed by atoms with E-state index in [1.54, 1.807) is 18.3 Å². The van der Waals surface area contributed by atoms with Gasteiger partial charge in [0.2, 0.25) is 0 Å². The molecule has 19 heavy (non-hydrogen) atoms. The van der Waals surface area contributed by atoms with Crippen LogP contribution in [-0.4, -0.2) is 33.0 Å². The van der Waals surface area contributed by atoms with Crippen molar-refractivity contribution < 1.29 is 9.59 Å². The molecule has 0 N–H and O–H groups in total.